The van der Waals surface area contributed by atoms with Gasteiger partial charge in [0.15, 0.2) is 5.78 Å². The molecule has 31 heavy (non-hydrogen) atoms. The third-order valence-corrected chi connectivity index (χ3v) is 6.18. The van der Waals surface area contributed by atoms with Gasteiger partial charge >= 0.3 is 0 Å². The number of halogens is 2. The SMILES string of the molecule is CCCC(=O)NCC(=O)c1ccc2c(c1)N(Cc1ccc(Cl)cc1)C(=O)[C@@H](N)CS2.Cl. The van der Waals surface area contributed by atoms with Crippen LogP contribution < -0.4 is 16.0 Å². The highest BCUT2D eigenvalue weighted by Crippen LogP contribution is 2.36. The second-order valence-corrected chi connectivity index (χ2v) is 8.60. The normalized spacial score (nSPS) is 15.5. The second-order valence-electron chi connectivity index (χ2n) is 7.10. The third kappa shape index (κ3) is 6.46. The molecular formula is C22H25Cl2N3O3S. The molecule has 0 unspecified atom stereocenters. The van der Waals surface area contributed by atoms with Crippen molar-refractivity contribution >= 4 is 59.1 Å². The Hall–Kier alpha value is -2.06. The van der Waals surface area contributed by atoms with Gasteiger partial charge in [0.25, 0.3) is 0 Å². The summed E-state index contributed by atoms with van der Waals surface area (Å²) < 4.78 is 0. The van der Waals surface area contributed by atoms with E-state index >= 15 is 0 Å². The average molecular weight is 482 g/mol. The lowest BCUT2D eigenvalue weighted by molar-refractivity contribution is -0.121. The number of nitrogens with one attached hydrogen (secondary N) is 1. The molecular weight excluding hydrogens is 457 g/mol. The quantitative estimate of drug-likeness (QED) is 0.586. The molecule has 1 heterocycles. The first-order valence-corrected chi connectivity index (χ1v) is 11.1. The maximum absolute atomic E-state index is 13.0. The number of fused-ring (bicyclic) bond motifs is 1. The lowest BCUT2D eigenvalue weighted by atomic mass is 10.1. The number of benzene rings is 2. The number of carbonyl (C=O) groups excluding carboxylic acids is 3. The fourth-order valence-electron chi connectivity index (χ4n) is 3.13. The number of anilines is 1. The molecule has 0 saturated carbocycles. The van der Waals surface area contributed by atoms with E-state index in [4.69, 9.17) is 17.3 Å². The zero-order chi connectivity index (χ0) is 21.7. The van der Waals surface area contributed by atoms with Crippen molar-refractivity contribution in [1.29, 1.82) is 0 Å². The molecule has 0 saturated heterocycles. The number of amides is 2. The van der Waals surface area contributed by atoms with Crippen molar-refractivity contribution in [3.05, 3.63) is 58.6 Å². The largest absolute Gasteiger partial charge is 0.349 e. The minimum Gasteiger partial charge on any atom is -0.349 e. The van der Waals surface area contributed by atoms with Crippen molar-refractivity contribution < 1.29 is 14.4 Å². The molecule has 3 rings (SSSR count). The van der Waals surface area contributed by atoms with Gasteiger partial charge in [-0.05, 0) is 36.2 Å². The third-order valence-electron chi connectivity index (χ3n) is 4.75. The number of carbonyl (C=O) groups is 3. The van der Waals surface area contributed by atoms with Gasteiger partial charge in [0.1, 0.15) is 0 Å². The van der Waals surface area contributed by atoms with Crippen LogP contribution in [0.5, 0.6) is 0 Å². The van der Waals surface area contributed by atoms with Crippen LogP contribution >= 0.6 is 35.8 Å². The highest BCUT2D eigenvalue weighted by atomic mass is 35.5. The Morgan fingerprint density at radius 3 is 2.61 bits per heavy atom. The number of hydrogen-bond acceptors (Lipinski definition) is 5. The molecule has 2 aromatic carbocycles. The van der Waals surface area contributed by atoms with Crippen LogP contribution in [0.15, 0.2) is 47.4 Å². The molecule has 0 spiro atoms. The summed E-state index contributed by atoms with van der Waals surface area (Å²) in [5.74, 6) is -0.0954. The standard InChI is InChI=1S/C22H24ClN3O3S.ClH/c1-2-3-21(28)25-11-19(27)15-6-9-20-18(10-15)26(22(29)17(24)13-30-20)12-14-4-7-16(23)8-5-14;/h4-10,17H,2-3,11-13,24H2,1H3,(H,25,28);1H/t17-;/m0./s1. The predicted molar refractivity (Wildman–Crippen MR) is 127 cm³/mol. The lowest BCUT2D eigenvalue weighted by Gasteiger charge is -2.25. The number of thioether (sulfide) groups is 1. The number of rotatable bonds is 7. The van der Waals surface area contributed by atoms with E-state index in [1.54, 1.807) is 29.2 Å². The van der Waals surface area contributed by atoms with E-state index in [9.17, 15) is 14.4 Å². The first-order chi connectivity index (χ1) is 14.4. The molecule has 166 valence electrons. The van der Waals surface area contributed by atoms with Gasteiger partial charge < -0.3 is 16.0 Å². The topological polar surface area (TPSA) is 92.5 Å². The zero-order valence-corrected chi connectivity index (χ0v) is 19.5. The zero-order valence-electron chi connectivity index (χ0n) is 17.1. The molecule has 0 bridgehead atoms. The van der Waals surface area contributed by atoms with Gasteiger partial charge in [-0.3, -0.25) is 14.4 Å². The number of hydrogen-bond donors (Lipinski definition) is 2. The summed E-state index contributed by atoms with van der Waals surface area (Å²) in [7, 11) is 0. The Balaban J connectivity index is 0.00000341. The Morgan fingerprint density at radius 2 is 1.94 bits per heavy atom. The molecule has 0 fully saturated rings. The molecule has 1 aliphatic heterocycles. The van der Waals surface area contributed by atoms with Gasteiger partial charge in [-0.25, -0.2) is 0 Å². The van der Waals surface area contributed by atoms with Crippen LogP contribution in [0.2, 0.25) is 5.02 Å². The van der Waals surface area contributed by atoms with E-state index in [0.717, 1.165) is 16.9 Å². The molecule has 9 heteroatoms. The Kier molecular flexibility index (Phi) is 9.37. The van der Waals surface area contributed by atoms with Crippen molar-refractivity contribution in [3.63, 3.8) is 0 Å². The van der Waals surface area contributed by atoms with Gasteiger partial charge in [0.05, 0.1) is 24.8 Å². The van der Waals surface area contributed by atoms with Gasteiger partial charge in [-0.15, -0.1) is 24.2 Å². The molecule has 1 aliphatic rings. The Bertz CT molecular complexity index is 954. The number of Topliss-reactive ketones (excluding diaryl/α,β-unsaturated/α-hetero) is 1. The summed E-state index contributed by atoms with van der Waals surface area (Å²) >= 11 is 7.46. The highest BCUT2D eigenvalue weighted by Gasteiger charge is 2.29. The van der Waals surface area contributed by atoms with Gasteiger partial charge in [-0.1, -0.05) is 36.7 Å². The molecule has 0 aliphatic carbocycles. The minimum absolute atomic E-state index is 0. The van der Waals surface area contributed by atoms with E-state index in [1.807, 2.05) is 25.1 Å². The fourth-order valence-corrected chi connectivity index (χ4v) is 4.23. The van der Waals surface area contributed by atoms with Gasteiger partial charge in [0.2, 0.25) is 11.8 Å². The van der Waals surface area contributed by atoms with E-state index in [1.165, 1.54) is 11.8 Å². The maximum atomic E-state index is 13.0. The molecule has 2 aromatic rings. The lowest BCUT2D eigenvalue weighted by Crippen LogP contribution is -2.44. The van der Waals surface area contributed by atoms with Crippen molar-refractivity contribution in [1.82, 2.24) is 5.32 Å². The van der Waals surface area contributed by atoms with E-state index in [0.29, 0.717) is 35.0 Å². The first-order valence-electron chi connectivity index (χ1n) is 9.77. The Morgan fingerprint density at radius 1 is 1.23 bits per heavy atom. The van der Waals surface area contributed by atoms with Crippen molar-refractivity contribution in [2.24, 2.45) is 5.73 Å². The second kappa shape index (κ2) is 11.5. The average Bonchev–Trinajstić information content (AvgIpc) is 2.85. The number of nitrogens with zero attached hydrogens (tertiary/aromatic N) is 1. The fraction of sp³-hybridized carbons (Fsp3) is 0.318. The van der Waals surface area contributed by atoms with Gasteiger partial charge in [0, 0.05) is 27.7 Å². The summed E-state index contributed by atoms with van der Waals surface area (Å²) in [6.07, 6.45) is 1.10. The van der Waals surface area contributed by atoms with Crippen LogP contribution in [-0.2, 0) is 16.1 Å². The molecule has 3 N–H and O–H groups in total. The number of ketones is 1. The molecule has 2 amide bonds. The van der Waals surface area contributed by atoms with Crippen LogP contribution in [0.3, 0.4) is 0 Å². The Labute approximate surface area is 197 Å². The van der Waals surface area contributed by atoms with Crippen molar-refractivity contribution in [2.45, 2.75) is 37.2 Å². The van der Waals surface area contributed by atoms with Crippen LogP contribution in [0.25, 0.3) is 0 Å². The number of nitrogens with two attached hydrogens (primary N) is 1. The molecule has 6 nitrogen and oxygen atoms in total. The summed E-state index contributed by atoms with van der Waals surface area (Å²) in [6.45, 7) is 2.15. The smallest absolute Gasteiger partial charge is 0.245 e. The van der Waals surface area contributed by atoms with E-state index in [-0.39, 0.29) is 36.5 Å². The highest BCUT2D eigenvalue weighted by molar-refractivity contribution is 7.99. The van der Waals surface area contributed by atoms with Gasteiger partial charge in [-0.2, -0.15) is 0 Å². The first kappa shape index (κ1) is 25.2. The van der Waals surface area contributed by atoms with E-state index < -0.39 is 6.04 Å². The molecule has 0 aromatic heterocycles. The van der Waals surface area contributed by atoms with E-state index in [2.05, 4.69) is 5.32 Å². The van der Waals surface area contributed by atoms with Crippen molar-refractivity contribution in [3.8, 4) is 0 Å². The summed E-state index contributed by atoms with van der Waals surface area (Å²) in [5, 5.41) is 3.26. The van der Waals surface area contributed by atoms with Crippen molar-refractivity contribution in [2.75, 3.05) is 17.2 Å². The molecule has 0 radical (unpaired) electrons. The molecule has 1 atom stereocenters. The van der Waals surface area contributed by atoms with Crippen LogP contribution in [0.4, 0.5) is 5.69 Å². The minimum atomic E-state index is -0.637. The van der Waals surface area contributed by atoms with Crippen LogP contribution in [0, 0.1) is 0 Å². The summed E-state index contributed by atoms with van der Waals surface area (Å²) in [5.41, 5.74) is 8.08. The predicted octanol–water partition coefficient (Wildman–Crippen LogP) is 3.83. The monoisotopic (exact) mass is 481 g/mol. The van der Waals surface area contributed by atoms with Crippen LogP contribution in [0.1, 0.15) is 35.7 Å². The summed E-state index contributed by atoms with van der Waals surface area (Å²) in [4.78, 5) is 39.8. The maximum Gasteiger partial charge on any atom is 0.245 e. The van der Waals surface area contributed by atoms with Crippen LogP contribution in [-0.4, -0.2) is 35.9 Å². The summed E-state index contributed by atoms with van der Waals surface area (Å²) in [6, 6.07) is 11.9.